The first kappa shape index (κ1) is 18.4. The Morgan fingerprint density at radius 2 is 2.25 bits per heavy atom. The molecular formula is C17H25N3O4. The van der Waals surface area contributed by atoms with Crippen LogP contribution in [0.25, 0.3) is 0 Å². The number of likely N-dealkylation sites (tertiary alicyclic amines) is 1. The zero-order valence-electron chi connectivity index (χ0n) is 13.9. The van der Waals surface area contributed by atoms with Gasteiger partial charge in [0.2, 0.25) is 5.91 Å². The molecule has 7 nitrogen and oxygen atoms in total. The Morgan fingerprint density at radius 3 is 2.88 bits per heavy atom. The van der Waals surface area contributed by atoms with Gasteiger partial charge in [-0.15, -0.1) is 0 Å². The molecule has 0 spiro atoms. The standard InChI is InChI=1S/C17H25N3O4/c1-2-3-6-13(15(21)16(22)19-24)17(23)20-10-8-12(11-20)14-7-4-5-9-18-14/h4-5,7,9,12-13,15,21,24H,2-3,6,8,10-11H2,1H3,(H,19,22)/t12?,13-,15+/m1/s1. The Balaban J connectivity index is 2.05. The molecule has 0 aromatic carbocycles. The predicted octanol–water partition coefficient (Wildman–Crippen LogP) is 1.07. The third kappa shape index (κ3) is 4.30. The van der Waals surface area contributed by atoms with Crippen LogP contribution >= 0.6 is 0 Å². The van der Waals surface area contributed by atoms with E-state index in [-0.39, 0.29) is 11.8 Å². The van der Waals surface area contributed by atoms with Crippen LogP contribution in [0.15, 0.2) is 24.4 Å². The zero-order chi connectivity index (χ0) is 17.5. The Labute approximate surface area is 141 Å². The molecule has 2 rings (SSSR count). The summed E-state index contributed by atoms with van der Waals surface area (Å²) in [6.07, 6.45) is 3.00. The maximum Gasteiger partial charge on any atom is 0.272 e. The van der Waals surface area contributed by atoms with Crippen LogP contribution < -0.4 is 5.48 Å². The van der Waals surface area contributed by atoms with E-state index >= 15 is 0 Å². The molecule has 0 saturated carbocycles. The summed E-state index contributed by atoms with van der Waals surface area (Å²) in [4.78, 5) is 30.3. The van der Waals surface area contributed by atoms with Gasteiger partial charge in [0.05, 0.1) is 5.92 Å². The Kier molecular flexibility index (Phi) is 6.69. The van der Waals surface area contributed by atoms with E-state index in [9.17, 15) is 14.7 Å². The lowest BCUT2D eigenvalue weighted by Gasteiger charge is -2.26. The number of hydroxylamine groups is 1. The van der Waals surface area contributed by atoms with E-state index in [2.05, 4.69) is 4.98 Å². The SMILES string of the molecule is CCCC[C@@H](C(=O)N1CCC(c2ccccn2)C1)[C@H](O)C(=O)NO. The van der Waals surface area contributed by atoms with Gasteiger partial charge in [-0.05, 0) is 25.0 Å². The van der Waals surface area contributed by atoms with Gasteiger partial charge in [-0.2, -0.15) is 0 Å². The summed E-state index contributed by atoms with van der Waals surface area (Å²) in [6.45, 7) is 3.09. The van der Waals surface area contributed by atoms with Gasteiger partial charge in [-0.25, -0.2) is 5.48 Å². The van der Waals surface area contributed by atoms with Crippen molar-refractivity contribution in [1.82, 2.24) is 15.4 Å². The van der Waals surface area contributed by atoms with Crippen molar-refractivity contribution in [2.24, 2.45) is 5.92 Å². The van der Waals surface area contributed by atoms with Crippen LogP contribution in [0.2, 0.25) is 0 Å². The minimum Gasteiger partial charge on any atom is -0.382 e. The van der Waals surface area contributed by atoms with E-state index in [1.807, 2.05) is 25.1 Å². The molecule has 1 aromatic rings. The van der Waals surface area contributed by atoms with E-state index in [0.717, 1.165) is 25.0 Å². The van der Waals surface area contributed by atoms with Crippen molar-refractivity contribution in [2.75, 3.05) is 13.1 Å². The summed E-state index contributed by atoms with van der Waals surface area (Å²) in [6, 6.07) is 5.72. The minimum atomic E-state index is -1.54. The molecule has 3 N–H and O–H groups in total. The molecule has 132 valence electrons. The molecule has 7 heteroatoms. The second-order valence-electron chi connectivity index (χ2n) is 6.19. The van der Waals surface area contributed by atoms with Crippen molar-refractivity contribution in [2.45, 2.75) is 44.6 Å². The molecule has 2 heterocycles. The van der Waals surface area contributed by atoms with Crippen LogP contribution in [0, 0.1) is 5.92 Å². The number of amides is 2. The molecular weight excluding hydrogens is 310 g/mol. The van der Waals surface area contributed by atoms with Gasteiger partial charge in [0.25, 0.3) is 5.91 Å². The number of nitrogens with zero attached hydrogens (tertiary/aromatic N) is 2. The Morgan fingerprint density at radius 1 is 1.46 bits per heavy atom. The molecule has 1 aromatic heterocycles. The predicted molar refractivity (Wildman–Crippen MR) is 87.1 cm³/mol. The lowest BCUT2D eigenvalue weighted by atomic mass is 9.94. The highest BCUT2D eigenvalue weighted by Gasteiger charge is 2.37. The number of aromatic nitrogens is 1. The molecule has 1 aliphatic heterocycles. The number of aliphatic hydroxyl groups excluding tert-OH is 1. The number of nitrogens with one attached hydrogen (secondary N) is 1. The molecule has 2 amide bonds. The van der Waals surface area contributed by atoms with Crippen LogP contribution in [0.5, 0.6) is 0 Å². The smallest absolute Gasteiger partial charge is 0.272 e. The van der Waals surface area contributed by atoms with Gasteiger partial charge in [0.15, 0.2) is 0 Å². The third-order valence-electron chi connectivity index (χ3n) is 4.55. The van der Waals surface area contributed by atoms with Crippen LogP contribution in [0.3, 0.4) is 0 Å². The monoisotopic (exact) mass is 335 g/mol. The van der Waals surface area contributed by atoms with Crippen molar-refractivity contribution >= 4 is 11.8 Å². The van der Waals surface area contributed by atoms with Gasteiger partial charge >= 0.3 is 0 Å². The van der Waals surface area contributed by atoms with E-state index in [1.165, 1.54) is 5.48 Å². The van der Waals surface area contributed by atoms with Crippen molar-refractivity contribution in [3.63, 3.8) is 0 Å². The molecule has 1 fully saturated rings. The first-order chi connectivity index (χ1) is 11.6. The molecule has 1 aliphatic rings. The quantitative estimate of drug-likeness (QED) is 0.511. The summed E-state index contributed by atoms with van der Waals surface area (Å²) in [5, 5.41) is 18.8. The van der Waals surface area contributed by atoms with E-state index in [0.29, 0.717) is 19.5 Å². The summed E-state index contributed by atoms with van der Waals surface area (Å²) in [5.74, 6) is -1.84. The number of unbranched alkanes of at least 4 members (excludes halogenated alkanes) is 1. The fraction of sp³-hybridized carbons (Fsp3) is 0.588. The van der Waals surface area contributed by atoms with E-state index < -0.39 is 17.9 Å². The molecule has 0 aliphatic carbocycles. The molecule has 24 heavy (non-hydrogen) atoms. The molecule has 1 saturated heterocycles. The average molecular weight is 335 g/mol. The molecule has 3 atom stereocenters. The number of carbonyl (C=O) groups is 2. The number of aliphatic hydroxyl groups is 1. The van der Waals surface area contributed by atoms with E-state index in [1.54, 1.807) is 11.1 Å². The lowest BCUT2D eigenvalue weighted by Crippen LogP contribution is -2.46. The van der Waals surface area contributed by atoms with Gasteiger partial charge in [0.1, 0.15) is 6.10 Å². The van der Waals surface area contributed by atoms with Gasteiger partial charge in [-0.3, -0.25) is 19.8 Å². The van der Waals surface area contributed by atoms with E-state index in [4.69, 9.17) is 5.21 Å². The summed E-state index contributed by atoms with van der Waals surface area (Å²) in [5.41, 5.74) is 2.38. The van der Waals surface area contributed by atoms with Gasteiger partial charge in [-0.1, -0.05) is 25.8 Å². The summed E-state index contributed by atoms with van der Waals surface area (Å²) >= 11 is 0. The Bertz CT molecular complexity index is 552. The van der Waals surface area contributed by atoms with Crippen molar-refractivity contribution in [3.05, 3.63) is 30.1 Å². The van der Waals surface area contributed by atoms with Crippen LogP contribution in [-0.2, 0) is 9.59 Å². The lowest BCUT2D eigenvalue weighted by molar-refractivity contribution is -0.150. The summed E-state index contributed by atoms with van der Waals surface area (Å²) in [7, 11) is 0. The first-order valence-electron chi connectivity index (χ1n) is 8.40. The maximum absolute atomic E-state index is 12.8. The maximum atomic E-state index is 12.8. The number of hydrogen-bond donors (Lipinski definition) is 3. The number of pyridine rings is 1. The number of carbonyl (C=O) groups excluding carboxylic acids is 2. The highest BCUT2D eigenvalue weighted by molar-refractivity contribution is 5.88. The highest BCUT2D eigenvalue weighted by Crippen LogP contribution is 2.28. The van der Waals surface area contributed by atoms with Crippen molar-refractivity contribution in [3.8, 4) is 0 Å². The van der Waals surface area contributed by atoms with Crippen molar-refractivity contribution in [1.29, 1.82) is 0 Å². The summed E-state index contributed by atoms with van der Waals surface area (Å²) < 4.78 is 0. The zero-order valence-corrected chi connectivity index (χ0v) is 13.9. The fourth-order valence-electron chi connectivity index (χ4n) is 3.14. The van der Waals surface area contributed by atoms with Gasteiger partial charge < -0.3 is 10.0 Å². The number of rotatable bonds is 7. The van der Waals surface area contributed by atoms with Crippen LogP contribution in [-0.4, -0.2) is 51.2 Å². The Hall–Kier alpha value is -1.99. The van der Waals surface area contributed by atoms with Gasteiger partial charge in [0, 0.05) is 30.9 Å². The topological polar surface area (TPSA) is 103 Å². The fourth-order valence-corrected chi connectivity index (χ4v) is 3.14. The highest BCUT2D eigenvalue weighted by atomic mass is 16.5. The largest absolute Gasteiger partial charge is 0.382 e. The number of hydrogen-bond acceptors (Lipinski definition) is 5. The first-order valence-corrected chi connectivity index (χ1v) is 8.40. The minimum absolute atomic E-state index is 0.172. The molecule has 0 radical (unpaired) electrons. The molecule has 0 bridgehead atoms. The second kappa shape index (κ2) is 8.75. The third-order valence-corrected chi connectivity index (χ3v) is 4.55. The average Bonchev–Trinajstić information content (AvgIpc) is 3.11. The molecule has 1 unspecified atom stereocenters. The van der Waals surface area contributed by atoms with Crippen LogP contribution in [0.1, 0.15) is 44.2 Å². The normalized spacial score (nSPS) is 19.8. The van der Waals surface area contributed by atoms with Crippen LogP contribution in [0.4, 0.5) is 0 Å². The van der Waals surface area contributed by atoms with Crippen molar-refractivity contribution < 1.29 is 19.9 Å². The second-order valence-corrected chi connectivity index (χ2v) is 6.19.